The summed E-state index contributed by atoms with van der Waals surface area (Å²) in [6, 6.07) is 12.3. The lowest BCUT2D eigenvalue weighted by Gasteiger charge is -2.45. The Bertz CT molecular complexity index is 1020. The molecule has 0 spiro atoms. The molecule has 3 N–H and O–H groups in total. The molecule has 3 rings (SSSR count). The SMILES string of the molecule is CCOC(=O)N1CC=C2C(C#N)=C(N)C(C#N)(C#N)[C@H](c3cccc(O)c3)[C@@H]2C1. The van der Waals surface area contributed by atoms with E-state index in [0.717, 1.165) is 0 Å². The van der Waals surface area contributed by atoms with E-state index in [9.17, 15) is 25.7 Å². The summed E-state index contributed by atoms with van der Waals surface area (Å²) in [4.78, 5) is 13.8. The number of rotatable bonds is 2. The summed E-state index contributed by atoms with van der Waals surface area (Å²) in [6.07, 6.45) is 1.20. The highest BCUT2D eigenvalue weighted by Gasteiger charge is 2.54. The van der Waals surface area contributed by atoms with Crippen molar-refractivity contribution in [2.75, 3.05) is 19.7 Å². The van der Waals surface area contributed by atoms with Crippen LogP contribution in [0.2, 0.25) is 0 Å². The molecule has 2 atom stereocenters. The molecular weight excluding hydrogens is 370 g/mol. The molecule has 2 aliphatic rings. The van der Waals surface area contributed by atoms with E-state index >= 15 is 0 Å². The molecule has 8 nitrogen and oxygen atoms in total. The van der Waals surface area contributed by atoms with Crippen LogP contribution in [0.15, 0.2) is 47.2 Å². The predicted molar refractivity (Wildman–Crippen MR) is 102 cm³/mol. The fraction of sp³-hybridized carbons (Fsp3) is 0.333. The summed E-state index contributed by atoms with van der Waals surface area (Å²) in [5.74, 6) is -1.36. The first kappa shape index (κ1) is 19.8. The third kappa shape index (κ3) is 3.03. The number of carbonyl (C=O) groups excluding carboxylic acids is 1. The van der Waals surface area contributed by atoms with Crippen molar-refractivity contribution in [3.8, 4) is 24.0 Å². The molecular formula is C21H19N5O3. The smallest absolute Gasteiger partial charge is 0.410 e. The molecule has 1 aromatic carbocycles. The van der Waals surface area contributed by atoms with Crippen molar-refractivity contribution in [1.82, 2.24) is 4.90 Å². The number of phenols is 1. The molecule has 1 heterocycles. The largest absolute Gasteiger partial charge is 0.508 e. The number of allylic oxidation sites excluding steroid dienone is 2. The van der Waals surface area contributed by atoms with Gasteiger partial charge < -0.3 is 20.5 Å². The van der Waals surface area contributed by atoms with E-state index in [1.54, 1.807) is 25.1 Å². The Kier molecular flexibility index (Phi) is 5.17. The zero-order valence-electron chi connectivity index (χ0n) is 15.8. The highest BCUT2D eigenvalue weighted by molar-refractivity contribution is 5.69. The Hall–Kier alpha value is -3.96. The van der Waals surface area contributed by atoms with Gasteiger partial charge in [-0.1, -0.05) is 18.2 Å². The topological polar surface area (TPSA) is 147 Å². The van der Waals surface area contributed by atoms with Crippen LogP contribution in [0.25, 0.3) is 0 Å². The zero-order valence-corrected chi connectivity index (χ0v) is 15.8. The molecule has 1 amide bonds. The number of fused-ring (bicyclic) bond motifs is 1. The minimum Gasteiger partial charge on any atom is -0.508 e. The lowest BCUT2D eigenvalue weighted by atomic mass is 9.58. The molecule has 0 saturated heterocycles. The zero-order chi connectivity index (χ0) is 21.2. The van der Waals surface area contributed by atoms with E-state index in [-0.39, 0.29) is 36.7 Å². The van der Waals surface area contributed by atoms with Gasteiger partial charge in [0.1, 0.15) is 11.8 Å². The predicted octanol–water partition coefficient (Wildman–Crippen LogP) is 2.27. The van der Waals surface area contributed by atoms with Crippen LogP contribution in [0, 0.1) is 45.3 Å². The summed E-state index contributed by atoms with van der Waals surface area (Å²) >= 11 is 0. The summed E-state index contributed by atoms with van der Waals surface area (Å²) < 4.78 is 5.09. The number of phenolic OH excluding ortho intramolecular Hbond substituents is 1. The summed E-state index contributed by atoms with van der Waals surface area (Å²) in [5.41, 5.74) is 5.50. The summed E-state index contributed by atoms with van der Waals surface area (Å²) in [6.45, 7) is 2.28. The number of ether oxygens (including phenoxy) is 1. The van der Waals surface area contributed by atoms with Gasteiger partial charge in [0.25, 0.3) is 0 Å². The highest BCUT2D eigenvalue weighted by atomic mass is 16.6. The first-order valence-corrected chi connectivity index (χ1v) is 9.07. The van der Waals surface area contributed by atoms with Gasteiger partial charge >= 0.3 is 6.09 Å². The third-order valence-electron chi connectivity index (χ3n) is 5.42. The van der Waals surface area contributed by atoms with Crippen molar-refractivity contribution in [3.63, 3.8) is 0 Å². The average Bonchev–Trinajstić information content (AvgIpc) is 2.73. The molecule has 0 bridgehead atoms. The Labute approximate surface area is 168 Å². The number of nitriles is 3. The van der Waals surface area contributed by atoms with E-state index < -0.39 is 23.3 Å². The van der Waals surface area contributed by atoms with Crippen molar-refractivity contribution in [1.29, 1.82) is 15.8 Å². The number of aromatic hydroxyl groups is 1. The number of nitrogens with two attached hydrogens (primary N) is 1. The number of amides is 1. The lowest BCUT2D eigenvalue weighted by Crippen LogP contribution is -2.49. The van der Waals surface area contributed by atoms with Crippen LogP contribution >= 0.6 is 0 Å². The van der Waals surface area contributed by atoms with Crippen molar-refractivity contribution in [2.24, 2.45) is 17.1 Å². The van der Waals surface area contributed by atoms with Gasteiger partial charge in [0, 0.05) is 24.9 Å². The van der Waals surface area contributed by atoms with Gasteiger partial charge in [-0.2, -0.15) is 15.8 Å². The van der Waals surface area contributed by atoms with Crippen LogP contribution in [0.4, 0.5) is 4.79 Å². The fourth-order valence-corrected chi connectivity index (χ4v) is 4.14. The van der Waals surface area contributed by atoms with E-state index in [2.05, 4.69) is 0 Å². The molecule has 1 aromatic rings. The maximum absolute atomic E-state index is 12.3. The van der Waals surface area contributed by atoms with E-state index in [1.807, 2.05) is 18.2 Å². The number of carbonyl (C=O) groups is 1. The monoisotopic (exact) mass is 389 g/mol. The van der Waals surface area contributed by atoms with E-state index in [4.69, 9.17) is 10.5 Å². The molecule has 29 heavy (non-hydrogen) atoms. The second-order valence-electron chi connectivity index (χ2n) is 6.87. The number of hydrogen-bond acceptors (Lipinski definition) is 7. The highest BCUT2D eigenvalue weighted by Crippen LogP contribution is 2.54. The van der Waals surface area contributed by atoms with Crippen molar-refractivity contribution >= 4 is 6.09 Å². The summed E-state index contributed by atoms with van der Waals surface area (Å²) in [7, 11) is 0. The molecule has 0 fully saturated rings. The number of nitrogens with zero attached hydrogens (tertiary/aromatic N) is 4. The van der Waals surface area contributed by atoms with Crippen molar-refractivity contribution < 1.29 is 14.6 Å². The average molecular weight is 389 g/mol. The van der Waals surface area contributed by atoms with Crippen LogP contribution in [-0.4, -0.2) is 35.8 Å². The Morgan fingerprint density at radius 2 is 2.10 bits per heavy atom. The third-order valence-corrected chi connectivity index (χ3v) is 5.42. The van der Waals surface area contributed by atoms with E-state index in [1.165, 1.54) is 17.0 Å². The lowest BCUT2D eigenvalue weighted by molar-refractivity contribution is 0.0999. The molecule has 1 aliphatic carbocycles. The molecule has 1 aliphatic heterocycles. The minimum absolute atomic E-state index is 0.0236. The first-order chi connectivity index (χ1) is 13.9. The number of hydrogen-bond donors (Lipinski definition) is 2. The van der Waals surface area contributed by atoms with Crippen LogP contribution in [0.1, 0.15) is 18.4 Å². The fourth-order valence-electron chi connectivity index (χ4n) is 4.14. The minimum atomic E-state index is -1.82. The molecule has 0 unspecified atom stereocenters. The molecule has 8 heteroatoms. The van der Waals surface area contributed by atoms with Gasteiger partial charge in [-0.3, -0.25) is 0 Å². The quantitative estimate of drug-likeness (QED) is 0.788. The second kappa shape index (κ2) is 7.58. The normalized spacial score (nSPS) is 22.4. The maximum Gasteiger partial charge on any atom is 0.410 e. The molecule has 0 aromatic heterocycles. The first-order valence-electron chi connectivity index (χ1n) is 9.07. The van der Waals surface area contributed by atoms with Crippen LogP contribution in [-0.2, 0) is 4.74 Å². The molecule has 146 valence electrons. The van der Waals surface area contributed by atoms with E-state index in [0.29, 0.717) is 11.1 Å². The Morgan fingerprint density at radius 3 is 2.69 bits per heavy atom. The second-order valence-corrected chi connectivity index (χ2v) is 6.87. The standard InChI is InChI=1S/C21H19N5O3/c1-2-29-20(28)26-7-6-15-16(9-22)19(25)21(11-23,12-24)18(17(15)10-26)13-4-3-5-14(27)8-13/h3-6,8,17-18,27H,2,7,10,25H2,1H3/t17-,18-/m1/s1. The molecule has 0 saturated carbocycles. The van der Waals surface area contributed by atoms with Gasteiger partial charge in [0.05, 0.1) is 30.0 Å². The Morgan fingerprint density at radius 1 is 1.38 bits per heavy atom. The van der Waals surface area contributed by atoms with Gasteiger partial charge in [0.15, 0.2) is 5.41 Å². The van der Waals surface area contributed by atoms with Gasteiger partial charge in [-0.15, -0.1) is 0 Å². The Balaban J connectivity index is 2.24. The van der Waals surface area contributed by atoms with Gasteiger partial charge in [-0.05, 0) is 30.2 Å². The van der Waals surface area contributed by atoms with Crippen molar-refractivity contribution in [3.05, 3.63) is 52.7 Å². The van der Waals surface area contributed by atoms with Crippen molar-refractivity contribution in [2.45, 2.75) is 12.8 Å². The van der Waals surface area contributed by atoms with Crippen LogP contribution in [0.3, 0.4) is 0 Å². The van der Waals surface area contributed by atoms with Gasteiger partial charge in [0.2, 0.25) is 0 Å². The number of benzene rings is 1. The van der Waals surface area contributed by atoms with Gasteiger partial charge in [-0.25, -0.2) is 4.79 Å². The molecule has 0 radical (unpaired) electrons. The van der Waals surface area contributed by atoms with Crippen LogP contribution < -0.4 is 5.73 Å². The maximum atomic E-state index is 12.3. The summed E-state index contributed by atoms with van der Waals surface area (Å²) in [5, 5.41) is 39.6. The van der Waals surface area contributed by atoms with Crippen LogP contribution in [0.5, 0.6) is 5.75 Å².